The first-order valence-corrected chi connectivity index (χ1v) is 7.59. The lowest BCUT2D eigenvalue weighted by molar-refractivity contribution is 0.0791. The number of carbonyl (C=O) groups is 1. The molecule has 0 aliphatic carbocycles. The second-order valence-electron chi connectivity index (χ2n) is 5.75. The summed E-state index contributed by atoms with van der Waals surface area (Å²) in [6, 6.07) is 0. The molecule has 2 aliphatic heterocycles. The molecule has 0 radical (unpaired) electrons. The van der Waals surface area contributed by atoms with E-state index in [1.165, 1.54) is 0 Å². The van der Waals surface area contributed by atoms with Crippen LogP contribution < -0.4 is 5.32 Å². The van der Waals surface area contributed by atoms with Gasteiger partial charge in [-0.3, -0.25) is 4.79 Å². The number of nitrogens with one attached hydrogen (secondary N) is 1. The first kappa shape index (κ1) is 13.5. The second kappa shape index (κ2) is 5.87. The van der Waals surface area contributed by atoms with E-state index in [-0.39, 0.29) is 5.91 Å². The maximum Gasteiger partial charge on any atom is 0.257 e. The van der Waals surface area contributed by atoms with E-state index in [9.17, 15) is 4.79 Å². The van der Waals surface area contributed by atoms with Crippen LogP contribution in [0.1, 0.15) is 53.5 Å². The molecule has 0 aromatic carbocycles. The fraction of sp³-hybridized carbons (Fsp3) is 0.667. The topological polar surface area (TPSA) is 58.1 Å². The van der Waals surface area contributed by atoms with Crippen LogP contribution in [0.25, 0.3) is 0 Å². The fourth-order valence-corrected chi connectivity index (χ4v) is 3.06. The molecular weight excluding hydrogens is 252 g/mol. The highest BCUT2D eigenvalue weighted by atomic mass is 16.2. The van der Waals surface area contributed by atoms with Gasteiger partial charge in [-0.2, -0.15) is 0 Å². The Balaban J connectivity index is 1.78. The van der Waals surface area contributed by atoms with Gasteiger partial charge < -0.3 is 10.2 Å². The normalized spacial score (nSPS) is 20.4. The van der Waals surface area contributed by atoms with E-state index in [0.717, 1.165) is 63.4 Å². The molecule has 0 unspecified atom stereocenters. The highest BCUT2D eigenvalue weighted by Gasteiger charge is 2.24. The van der Waals surface area contributed by atoms with Crippen molar-refractivity contribution in [1.29, 1.82) is 0 Å². The van der Waals surface area contributed by atoms with Crippen LogP contribution in [0.15, 0.2) is 6.20 Å². The van der Waals surface area contributed by atoms with Crippen molar-refractivity contribution in [2.45, 2.75) is 38.5 Å². The number of aryl methyl sites for hydroxylation is 1. The molecule has 1 aromatic rings. The number of hydrogen-bond donors (Lipinski definition) is 1. The molecule has 5 heteroatoms. The Labute approximate surface area is 119 Å². The van der Waals surface area contributed by atoms with Crippen LogP contribution >= 0.6 is 0 Å². The van der Waals surface area contributed by atoms with Gasteiger partial charge >= 0.3 is 0 Å². The Morgan fingerprint density at radius 3 is 2.65 bits per heavy atom. The molecule has 0 spiro atoms. The zero-order chi connectivity index (χ0) is 13.9. The number of nitrogens with zero attached hydrogens (tertiary/aromatic N) is 3. The largest absolute Gasteiger partial charge is 0.339 e. The van der Waals surface area contributed by atoms with Gasteiger partial charge in [-0.15, -0.1) is 0 Å². The molecule has 1 amide bonds. The molecule has 2 aliphatic rings. The van der Waals surface area contributed by atoms with Crippen molar-refractivity contribution in [3.05, 3.63) is 23.3 Å². The Morgan fingerprint density at radius 2 is 2.00 bits per heavy atom. The van der Waals surface area contributed by atoms with E-state index < -0.39 is 0 Å². The van der Waals surface area contributed by atoms with E-state index in [0.29, 0.717) is 11.5 Å². The van der Waals surface area contributed by atoms with Crippen molar-refractivity contribution in [2.24, 2.45) is 0 Å². The van der Waals surface area contributed by atoms with Crippen LogP contribution in [0.5, 0.6) is 0 Å². The lowest BCUT2D eigenvalue weighted by atomic mass is 9.97. The summed E-state index contributed by atoms with van der Waals surface area (Å²) >= 11 is 0. The monoisotopic (exact) mass is 274 g/mol. The summed E-state index contributed by atoms with van der Waals surface area (Å²) in [6.45, 7) is 5.72. The van der Waals surface area contributed by atoms with Gasteiger partial charge in [0.15, 0.2) is 0 Å². The SMILES string of the molecule is Cc1nc(C2CCNCC2)ncc1C(=O)N1CCCC1. The molecule has 2 fully saturated rings. The van der Waals surface area contributed by atoms with Crippen molar-refractivity contribution >= 4 is 5.91 Å². The average Bonchev–Trinajstić information content (AvgIpc) is 3.01. The first-order valence-electron chi connectivity index (χ1n) is 7.59. The molecule has 0 saturated carbocycles. The Morgan fingerprint density at radius 1 is 1.30 bits per heavy atom. The quantitative estimate of drug-likeness (QED) is 0.887. The third kappa shape index (κ3) is 2.68. The van der Waals surface area contributed by atoms with Crippen molar-refractivity contribution in [3.8, 4) is 0 Å². The molecule has 0 atom stereocenters. The molecule has 108 valence electrons. The van der Waals surface area contributed by atoms with Gasteiger partial charge in [0.2, 0.25) is 0 Å². The van der Waals surface area contributed by atoms with Crippen LogP contribution in [0, 0.1) is 6.92 Å². The van der Waals surface area contributed by atoms with Gasteiger partial charge in [0, 0.05) is 25.2 Å². The van der Waals surface area contributed by atoms with Gasteiger partial charge in [0.1, 0.15) is 5.82 Å². The molecule has 3 rings (SSSR count). The molecule has 2 saturated heterocycles. The number of piperidine rings is 1. The van der Waals surface area contributed by atoms with Crippen LogP contribution in [-0.2, 0) is 0 Å². The van der Waals surface area contributed by atoms with Crippen LogP contribution in [-0.4, -0.2) is 47.0 Å². The summed E-state index contributed by atoms with van der Waals surface area (Å²) in [5, 5.41) is 3.35. The summed E-state index contributed by atoms with van der Waals surface area (Å²) in [4.78, 5) is 23.4. The number of hydrogen-bond acceptors (Lipinski definition) is 4. The first-order chi connectivity index (χ1) is 9.75. The standard InChI is InChI=1S/C15H22N4O/c1-11-13(15(20)19-8-2-3-9-19)10-17-14(18-11)12-4-6-16-7-5-12/h10,12,16H,2-9H2,1H3. The minimum atomic E-state index is 0.0943. The Kier molecular flexibility index (Phi) is 3.96. The van der Waals surface area contributed by atoms with Crippen molar-refractivity contribution < 1.29 is 4.79 Å². The number of rotatable bonds is 2. The van der Waals surface area contributed by atoms with Gasteiger partial charge in [-0.05, 0) is 45.7 Å². The van der Waals surface area contributed by atoms with Gasteiger partial charge in [-0.25, -0.2) is 9.97 Å². The summed E-state index contributed by atoms with van der Waals surface area (Å²) in [7, 11) is 0. The zero-order valence-electron chi connectivity index (χ0n) is 12.1. The summed E-state index contributed by atoms with van der Waals surface area (Å²) in [6.07, 6.45) is 6.12. The van der Waals surface area contributed by atoms with E-state index in [2.05, 4.69) is 15.3 Å². The predicted octanol–water partition coefficient (Wildman–Crippen LogP) is 1.49. The second-order valence-corrected chi connectivity index (χ2v) is 5.75. The molecule has 5 nitrogen and oxygen atoms in total. The highest BCUT2D eigenvalue weighted by molar-refractivity contribution is 5.95. The molecule has 3 heterocycles. The van der Waals surface area contributed by atoms with Gasteiger partial charge in [-0.1, -0.05) is 0 Å². The van der Waals surface area contributed by atoms with Crippen molar-refractivity contribution in [3.63, 3.8) is 0 Å². The van der Waals surface area contributed by atoms with Crippen molar-refractivity contribution in [1.82, 2.24) is 20.2 Å². The van der Waals surface area contributed by atoms with Gasteiger partial charge in [0.05, 0.1) is 11.3 Å². The van der Waals surface area contributed by atoms with Crippen molar-refractivity contribution in [2.75, 3.05) is 26.2 Å². The Bertz CT molecular complexity index is 491. The molecule has 20 heavy (non-hydrogen) atoms. The highest BCUT2D eigenvalue weighted by Crippen LogP contribution is 2.23. The van der Waals surface area contributed by atoms with E-state index in [1.54, 1.807) is 6.20 Å². The maximum absolute atomic E-state index is 12.4. The van der Waals surface area contributed by atoms with E-state index in [4.69, 9.17) is 0 Å². The summed E-state index contributed by atoms with van der Waals surface area (Å²) in [5.41, 5.74) is 1.50. The fourth-order valence-electron chi connectivity index (χ4n) is 3.06. The van der Waals surface area contributed by atoms with E-state index in [1.807, 2.05) is 11.8 Å². The number of likely N-dealkylation sites (tertiary alicyclic amines) is 1. The predicted molar refractivity (Wildman–Crippen MR) is 76.8 cm³/mol. The van der Waals surface area contributed by atoms with Crippen LogP contribution in [0.4, 0.5) is 0 Å². The summed E-state index contributed by atoms with van der Waals surface area (Å²) < 4.78 is 0. The lowest BCUT2D eigenvalue weighted by Gasteiger charge is -2.22. The molecule has 0 bridgehead atoms. The minimum absolute atomic E-state index is 0.0943. The third-order valence-electron chi connectivity index (χ3n) is 4.33. The zero-order valence-corrected chi connectivity index (χ0v) is 12.1. The lowest BCUT2D eigenvalue weighted by Crippen LogP contribution is -2.30. The summed E-state index contributed by atoms with van der Waals surface area (Å²) in [5.74, 6) is 1.43. The average molecular weight is 274 g/mol. The van der Waals surface area contributed by atoms with Crippen LogP contribution in [0.2, 0.25) is 0 Å². The molecular formula is C15H22N4O. The molecule has 1 aromatic heterocycles. The van der Waals surface area contributed by atoms with Gasteiger partial charge in [0.25, 0.3) is 5.91 Å². The van der Waals surface area contributed by atoms with Crippen LogP contribution in [0.3, 0.4) is 0 Å². The third-order valence-corrected chi connectivity index (χ3v) is 4.33. The number of aromatic nitrogens is 2. The number of amides is 1. The van der Waals surface area contributed by atoms with E-state index >= 15 is 0 Å². The Hall–Kier alpha value is -1.49. The smallest absolute Gasteiger partial charge is 0.257 e. The maximum atomic E-state index is 12.4. The number of carbonyl (C=O) groups excluding carboxylic acids is 1. The molecule has 1 N–H and O–H groups in total. The minimum Gasteiger partial charge on any atom is -0.339 e.